The average molecular weight is 333 g/mol. The fourth-order valence-corrected chi connectivity index (χ4v) is 3.70. The maximum Gasteiger partial charge on any atom is 0.250 e. The van der Waals surface area contributed by atoms with Gasteiger partial charge >= 0.3 is 0 Å². The van der Waals surface area contributed by atoms with Crippen LogP contribution in [0.2, 0.25) is 18.1 Å². The van der Waals surface area contributed by atoms with E-state index >= 15 is 0 Å². The Labute approximate surface area is 140 Å². The Balaban J connectivity index is 2.28. The quantitative estimate of drug-likeness (QED) is 0.332. The van der Waals surface area contributed by atoms with Crippen LogP contribution in [-0.2, 0) is 6.42 Å². The number of benzene rings is 1. The number of anilines is 1. The molecule has 1 atom stereocenters. The van der Waals surface area contributed by atoms with Gasteiger partial charge in [0.25, 0.3) is 0 Å². The Morgan fingerprint density at radius 2 is 2.04 bits per heavy atom. The van der Waals surface area contributed by atoms with Gasteiger partial charge in [0, 0.05) is 35.8 Å². The molecule has 23 heavy (non-hydrogen) atoms. The molecule has 0 aromatic heterocycles. The third-order valence-electron chi connectivity index (χ3n) is 5.45. The first-order valence-corrected chi connectivity index (χ1v) is 11.0. The molecule has 0 saturated carbocycles. The topological polar surface area (TPSA) is 61.2 Å². The van der Waals surface area contributed by atoms with Gasteiger partial charge in [-0.25, -0.2) is 0 Å². The Morgan fingerprint density at radius 3 is 2.61 bits per heavy atom. The van der Waals surface area contributed by atoms with E-state index in [-0.39, 0.29) is 10.6 Å². The molecule has 0 aliphatic carbocycles. The zero-order chi connectivity index (χ0) is 17.5. The van der Waals surface area contributed by atoms with Crippen molar-refractivity contribution in [1.29, 1.82) is 0 Å². The number of rotatable bonds is 4. The fourth-order valence-electron chi connectivity index (χ4n) is 2.68. The van der Waals surface area contributed by atoms with Crippen molar-refractivity contribution in [3.05, 3.63) is 34.2 Å². The second-order valence-electron chi connectivity index (χ2n) is 8.27. The summed E-state index contributed by atoms with van der Waals surface area (Å²) in [5.74, 6) is 0.940. The summed E-state index contributed by atoms with van der Waals surface area (Å²) in [6.45, 7) is 13.9. The highest BCUT2D eigenvalue weighted by molar-refractivity contribution is 6.74. The molecule has 1 aliphatic rings. The molecule has 0 N–H and O–H groups in total. The van der Waals surface area contributed by atoms with Crippen LogP contribution in [0.5, 0.6) is 5.75 Å². The van der Waals surface area contributed by atoms with Crippen LogP contribution in [0.1, 0.15) is 33.3 Å². The van der Waals surface area contributed by atoms with Crippen LogP contribution in [0.4, 0.5) is 5.69 Å². The Hall–Kier alpha value is -1.65. The first-order chi connectivity index (χ1) is 10.5. The maximum atomic E-state index is 8.62. The van der Waals surface area contributed by atoms with Crippen molar-refractivity contribution in [1.82, 2.24) is 0 Å². The molecule has 0 radical (unpaired) electrons. The van der Waals surface area contributed by atoms with Crippen LogP contribution in [-0.4, -0.2) is 27.4 Å². The molecule has 126 valence electrons. The normalized spacial score (nSPS) is 20.9. The standard InChI is InChI=1S/C17H28N4OSi/c1-16(2,3)23(6,7)22-14-9-8-13-11-17(4,12-19-20-18)21(5)15(13)10-14/h8-10H,11-12H2,1-7H3/t17-/m0/s1. The molecular weight excluding hydrogens is 304 g/mol. The molecule has 6 heteroatoms. The molecule has 1 aliphatic heterocycles. The largest absolute Gasteiger partial charge is 0.543 e. The molecule has 2 rings (SSSR count). The third kappa shape index (κ3) is 3.33. The lowest BCUT2D eigenvalue weighted by molar-refractivity contribution is 0.476. The van der Waals surface area contributed by atoms with E-state index in [0.29, 0.717) is 6.54 Å². The van der Waals surface area contributed by atoms with Gasteiger partial charge in [0.15, 0.2) is 0 Å². The zero-order valence-corrected chi connectivity index (χ0v) is 16.3. The Bertz CT molecular complexity index is 646. The van der Waals surface area contributed by atoms with Gasteiger partial charge in [-0.3, -0.25) is 0 Å². The summed E-state index contributed by atoms with van der Waals surface area (Å²) in [6.07, 6.45) is 0.887. The van der Waals surface area contributed by atoms with E-state index in [1.807, 2.05) is 0 Å². The molecule has 0 fully saturated rings. The van der Waals surface area contributed by atoms with E-state index < -0.39 is 8.32 Å². The van der Waals surface area contributed by atoms with Crippen LogP contribution in [0.25, 0.3) is 10.4 Å². The Kier molecular flexibility index (Phi) is 4.44. The lowest BCUT2D eigenvalue weighted by Crippen LogP contribution is -2.44. The van der Waals surface area contributed by atoms with Crippen molar-refractivity contribution in [2.24, 2.45) is 5.11 Å². The van der Waals surface area contributed by atoms with Gasteiger partial charge < -0.3 is 9.33 Å². The highest BCUT2D eigenvalue weighted by Gasteiger charge is 2.40. The summed E-state index contributed by atoms with van der Waals surface area (Å²) < 4.78 is 6.42. The highest BCUT2D eigenvalue weighted by atomic mass is 28.4. The highest BCUT2D eigenvalue weighted by Crippen LogP contribution is 2.42. The molecule has 1 aromatic rings. The van der Waals surface area contributed by atoms with Crippen molar-refractivity contribution in [2.45, 2.75) is 57.8 Å². The minimum atomic E-state index is -1.84. The number of likely N-dealkylation sites (N-methyl/N-ethyl adjacent to an activating group) is 1. The molecule has 0 unspecified atom stereocenters. The summed E-state index contributed by atoms with van der Waals surface area (Å²) in [5.41, 5.74) is 10.9. The van der Waals surface area contributed by atoms with Crippen LogP contribution >= 0.6 is 0 Å². The van der Waals surface area contributed by atoms with E-state index in [2.05, 4.69) is 81.0 Å². The number of hydrogen-bond acceptors (Lipinski definition) is 3. The van der Waals surface area contributed by atoms with Crippen LogP contribution in [0.3, 0.4) is 0 Å². The van der Waals surface area contributed by atoms with E-state index in [1.165, 1.54) is 11.3 Å². The van der Waals surface area contributed by atoms with Crippen LogP contribution in [0, 0.1) is 0 Å². The van der Waals surface area contributed by atoms with Gasteiger partial charge in [0.2, 0.25) is 8.32 Å². The number of nitrogens with zero attached hydrogens (tertiary/aromatic N) is 4. The van der Waals surface area contributed by atoms with Crippen molar-refractivity contribution in [2.75, 3.05) is 18.5 Å². The summed E-state index contributed by atoms with van der Waals surface area (Å²) >= 11 is 0. The van der Waals surface area contributed by atoms with E-state index in [0.717, 1.165) is 12.2 Å². The van der Waals surface area contributed by atoms with Gasteiger partial charge in [-0.2, -0.15) is 0 Å². The minimum absolute atomic E-state index is 0.163. The molecule has 1 aromatic carbocycles. The Morgan fingerprint density at radius 1 is 1.39 bits per heavy atom. The molecule has 0 spiro atoms. The molecule has 0 saturated heterocycles. The van der Waals surface area contributed by atoms with E-state index in [4.69, 9.17) is 9.96 Å². The van der Waals surface area contributed by atoms with Crippen LogP contribution < -0.4 is 9.33 Å². The molecule has 0 bridgehead atoms. The second-order valence-corrected chi connectivity index (χ2v) is 13.0. The summed E-state index contributed by atoms with van der Waals surface area (Å²) in [5, 5.41) is 3.96. The van der Waals surface area contributed by atoms with Crippen molar-refractivity contribution in [3.8, 4) is 5.75 Å². The molecular formula is C17H28N4OSi. The number of fused-ring (bicyclic) bond motifs is 1. The first kappa shape index (κ1) is 17.7. The van der Waals surface area contributed by atoms with Crippen LogP contribution in [0.15, 0.2) is 23.3 Å². The second kappa shape index (κ2) is 5.76. The SMILES string of the molecule is CN1c2cc(O[Si](C)(C)C(C)(C)C)ccc2C[C@@]1(C)CN=[N+]=[N-]. The minimum Gasteiger partial charge on any atom is -0.543 e. The zero-order valence-electron chi connectivity index (χ0n) is 15.3. The van der Waals surface area contributed by atoms with Crippen molar-refractivity contribution >= 4 is 14.0 Å². The predicted octanol–water partition coefficient (Wildman–Crippen LogP) is 5.13. The van der Waals surface area contributed by atoms with Crippen molar-refractivity contribution < 1.29 is 4.43 Å². The fraction of sp³-hybridized carbons (Fsp3) is 0.647. The van der Waals surface area contributed by atoms with Gasteiger partial charge in [-0.05, 0) is 48.6 Å². The van der Waals surface area contributed by atoms with Gasteiger partial charge in [-0.1, -0.05) is 32.0 Å². The van der Waals surface area contributed by atoms with Crippen molar-refractivity contribution in [3.63, 3.8) is 0 Å². The lowest BCUT2D eigenvalue weighted by atomic mass is 9.97. The molecule has 0 amide bonds. The first-order valence-electron chi connectivity index (χ1n) is 8.07. The average Bonchev–Trinajstić information content (AvgIpc) is 2.68. The summed E-state index contributed by atoms with van der Waals surface area (Å²) in [7, 11) is 0.222. The van der Waals surface area contributed by atoms with Gasteiger partial charge in [0.05, 0.1) is 0 Å². The van der Waals surface area contributed by atoms with E-state index in [9.17, 15) is 0 Å². The van der Waals surface area contributed by atoms with E-state index in [1.54, 1.807) is 0 Å². The number of hydrogen-bond donors (Lipinski definition) is 0. The molecule has 5 nitrogen and oxygen atoms in total. The molecule has 1 heterocycles. The summed E-state index contributed by atoms with van der Waals surface area (Å²) in [4.78, 5) is 5.13. The number of azide groups is 1. The van der Waals surface area contributed by atoms with Gasteiger partial charge in [-0.15, -0.1) is 0 Å². The smallest absolute Gasteiger partial charge is 0.250 e. The third-order valence-corrected chi connectivity index (χ3v) is 9.81. The maximum absolute atomic E-state index is 8.62. The predicted molar refractivity (Wildman–Crippen MR) is 98.8 cm³/mol. The summed E-state index contributed by atoms with van der Waals surface area (Å²) in [6, 6.07) is 6.36. The van der Waals surface area contributed by atoms with Gasteiger partial charge in [0.1, 0.15) is 5.75 Å². The monoisotopic (exact) mass is 332 g/mol. The lowest BCUT2D eigenvalue weighted by Gasteiger charge is -2.37.